The van der Waals surface area contributed by atoms with Crippen LogP contribution in [0, 0.1) is 5.92 Å². The Morgan fingerprint density at radius 2 is 2.13 bits per heavy atom. The van der Waals surface area contributed by atoms with E-state index in [1.165, 1.54) is 0 Å². The van der Waals surface area contributed by atoms with Crippen molar-refractivity contribution in [2.75, 3.05) is 39.6 Å². The smallest absolute Gasteiger partial charge is 0.0698 e. The second-order valence-electron chi connectivity index (χ2n) is 4.03. The highest BCUT2D eigenvalue weighted by Gasteiger charge is 2.19. The first kappa shape index (κ1) is 12.9. The summed E-state index contributed by atoms with van der Waals surface area (Å²) in [6.07, 6.45) is 2.32. The van der Waals surface area contributed by atoms with Crippen molar-refractivity contribution in [3.63, 3.8) is 0 Å². The lowest BCUT2D eigenvalue weighted by atomic mass is 9.93. The lowest BCUT2D eigenvalue weighted by Gasteiger charge is -2.28. The van der Waals surface area contributed by atoms with Crippen molar-refractivity contribution in [2.45, 2.75) is 25.8 Å². The molecule has 0 radical (unpaired) electrons. The summed E-state index contributed by atoms with van der Waals surface area (Å²) in [5.74, 6) is 0.733. The number of aliphatic hydroxyl groups excluding tert-OH is 1. The molecule has 1 aliphatic heterocycles. The van der Waals surface area contributed by atoms with Gasteiger partial charge in [-0.1, -0.05) is 0 Å². The third kappa shape index (κ3) is 5.47. The fourth-order valence-electron chi connectivity index (χ4n) is 1.91. The summed E-state index contributed by atoms with van der Waals surface area (Å²) >= 11 is 0. The average Bonchev–Trinajstić information content (AvgIpc) is 2.30. The normalized spacial score (nSPS) is 20.4. The predicted octanol–water partition coefficient (Wildman–Crippen LogP) is 0.400. The van der Waals surface area contributed by atoms with E-state index in [0.29, 0.717) is 19.3 Å². The van der Waals surface area contributed by atoms with E-state index < -0.39 is 0 Å². The quantitative estimate of drug-likeness (QED) is 0.606. The molecule has 4 heteroatoms. The van der Waals surface area contributed by atoms with Crippen LogP contribution in [-0.4, -0.2) is 50.7 Å². The maximum absolute atomic E-state index is 8.52. The Hall–Kier alpha value is -0.160. The van der Waals surface area contributed by atoms with E-state index >= 15 is 0 Å². The molecule has 90 valence electrons. The van der Waals surface area contributed by atoms with Gasteiger partial charge >= 0.3 is 0 Å². The summed E-state index contributed by atoms with van der Waals surface area (Å²) < 4.78 is 10.5. The van der Waals surface area contributed by atoms with Gasteiger partial charge < -0.3 is 19.9 Å². The van der Waals surface area contributed by atoms with Crippen LogP contribution in [0.5, 0.6) is 0 Å². The minimum Gasteiger partial charge on any atom is -0.394 e. The maximum atomic E-state index is 8.52. The van der Waals surface area contributed by atoms with Crippen LogP contribution in [0.25, 0.3) is 0 Å². The van der Waals surface area contributed by atoms with Crippen molar-refractivity contribution in [3.8, 4) is 0 Å². The summed E-state index contributed by atoms with van der Waals surface area (Å²) in [5.41, 5.74) is 0. The topological polar surface area (TPSA) is 50.7 Å². The van der Waals surface area contributed by atoms with Crippen molar-refractivity contribution in [3.05, 3.63) is 0 Å². The molecule has 0 aromatic heterocycles. The summed E-state index contributed by atoms with van der Waals surface area (Å²) in [4.78, 5) is 0. The number of ether oxygens (including phenoxy) is 2. The van der Waals surface area contributed by atoms with Crippen LogP contribution in [0.2, 0.25) is 0 Å². The van der Waals surface area contributed by atoms with Gasteiger partial charge in [-0.15, -0.1) is 0 Å². The molecule has 1 aliphatic rings. The molecule has 0 saturated carbocycles. The van der Waals surface area contributed by atoms with E-state index in [9.17, 15) is 0 Å². The summed E-state index contributed by atoms with van der Waals surface area (Å²) in [7, 11) is 0. The molecule has 1 fully saturated rings. The van der Waals surface area contributed by atoms with Crippen molar-refractivity contribution < 1.29 is 14.6 Å². The number of hydrogen-bond donors (Lipinski definition) is 2. The van der Waals surface area contributed by atoms with E-state index in [4.69, 9.17) is 14.6 Å². The Morgan fingerprint density at radius 3 is 2.80 bits per heavy atom. The van der Waals surface area contributed by atoms with Gasteiger partial charge in [0.25, 0.3) is 0 Å². The van der Waals surface area contributed by atoms with Crippen molar-refractivity contribution >= 4 is 0 Å². The highest BCUT2D eigenvalue weighted by molar-refractivity contribution is 4.74. The molecule has 0 aromatic carbocycles. The third-order valence-electron chi connectivity index (χ3n) is 2.92. The maximum Gasteiger partial charge on any atom is 0.0698 e. The number of nitrogens with one attached hydrogen (secondary N) is 1. The molecule has 1 saturated heterocycles. The minimum absolute atomic E-state index is 0.107. The van der Waals surface area contributed by atoms with E-state index in [2.05, 4.69) is 12.2 Å². The van der Waals surface area contributed by atoms with E-state index in [0.717, 1.165) is 38.5 Å². The van der Waals surface area contributed by atoms with Gasteiger partial charge in [0.05, 0.1) is 19.8 Å². The molecule has 0 aromatic rings. The molecule has 15 heavy (non-hydrogen) atoms. The second-order valence-corrected chi connectivity index (χ2v) is 4.03. The molecule has 0 aliphatic carbocycles. The largest absolute Gasteiger partial charge is 0.394 e. The Morgan fingerprint density at radius 1 is 1.40 bits per heavy atom. The standard InChI is InChI=1S/C11H23NO3/c1-10(11-2-6-14-7-3-11)12-4-8-15-9-5-13/h10-13H,2-9H2,1H3. The van der Waals surface area contributed by atoms with Crippen molar-refractivity contribution in [2.24, 2.45) is 5.92 Å². The predicted molar refractivity (Wildman–Crippen MR) is 58.9 cm³/mol. The molecule has 1 unspecified atom stereocenters. The Labute approximate surface area is 92.0 Å². The Balaban J connectivity index is 1.99. The van der Waals surface area contributed by atoms with Gasteiger partial charge in [-0.05, 0) is 25.7 Å². The first-order chi connectivity index (χ1) is 7.34. The lowest BCUT2D eigenvalue weighted by molar-refractivity contribution is 0.0528. The van der Waals surface area contributed by atoms with Gasteiger partial charge in [0.1, 0.15) is 0 Å². The van der Waals surface area contributed by atoms with Crippen LogP contribution in [0.3, 0.4) is 0 Å². The average molecular weight is 217 g/mol. The van der Waals surface area contributed by atoms with Crippen LogP contribution in [0.15, 0.2) is 0 Å². The van der Waals surface area contributed by atoms with Crippen molar-refractivity contribution in [1.29, 1.82) is 0 Å². The lowest BCUT2D eigenvalue weighted by Crippen LogP contribution is -2.38. The van der Waals surface area contributed by atoms with Crippen LogP contribution in [0.4, 0.5) is 0 Å². The van der Waals surface area contributed by atoms with Crippen LogP contribution >= 0.6 is 0 Å². The van der Waals surface area contributed by atoms with Gasteiger partial charge in [0.2, 0.25) is 0 Å². The van der Waals surface area contributed by atoms with Gasteiger partial charge in [0.15, 0.2) is 0 Å². The highest BCUT2D eigenvalue weighted by atomic mass is 16.5. The molecule has 0 spiro atoms. The van der Waals surface area contributed by atoms with E-state index in [1.54, 1.807) is 0 Å². The third-order valence-corrected chi connectivity index (χ3v) is 2.92. The molecule has 0 bridgehead atoms. The van der Waals surface area contributed by atoms with Crippen LogP contribution < -0.4 is 5.32 Å². The highest BCUT2D eigenvalue weighted by Crippen LogP contribution is 2.18. The molecular weight excluding hydrogens is 194 g/mol. The summed E-state index contributed by atoms with van der Waals surface area (Å²) in [5, 5.41) is 12.0. The molecule has 2 N–H and O–H groups in total. The monoisotopic (exact) mass is 217 g/mol. The SMILES string of the molecule is CC(NCCOCCO)C1CCOCC1. The first-order valence-electron chi connectivity index (χ1n) is 5.84. The molecular formula is C11H23NO3. The number of rotatable bonds is 7. The van der Waals surface area contributed by atoms with Crippen molar-refractivity contribution in [1.82, 2.24) is 5.32 Å². The van der Waals surface area contributed by atoms with Gasteiger partial charge in [-0.25, -0.2) is 0 Å². The number of hydrogen-bond acceptors (Lipinski definition) is 4. The molecule has 0 amide bonds. The van der Waals surface area contributed by atoms with E-state index in [1.807, 2.05) is 0 Å². The molecule has 1 heterocycles. The molecule has 1 rings (SSSR count). The first-order valence-corrected chi connectivity index (χ1v) is 5.84. The minimum atomic E-state index is 0.107. The number of aliphatic hydroxyl groups is 1. The van der Waals surface area contributed by atoms with Gasteiger partial charge in [-0.3, -0.25) is 0 Å². The fraction of sp³-hybridized carbons (Fsp3) is 1.00. The van der Waals surface area contributed by atoms with E-state index in [-0.39, 0.29) is 6.61 Å². The second kappa shape index (κ2) is 8.05. The zero-order valence-corrected chi connectivity index (χ0v) is 9.58. The Bertz CT molecular complexity index is 149. The Kier molecular flexibility index (Phi) is 6.92. The van der Waals surface area contributed by atoms with Crippen LogP contribution in [0.1, 0.15) is 19.8 Å². The fourth-order valence-corrected chi connectivity index (χ4v) is 1.91. The van der Waals surface area contributed by atoms with Crippen LogP contribution in [-0.2, 0) is 9.47 Å². The zero-order chi connectivity index (χ0) is 10.9. The van der Waals surface area contributed by atoms with Gasteiger partial charge in [-0.2, -0.15) is 0 Å². The summed E-state index contributed by atoms with van der Waals surface area (Å²) in [6, 6.07) is 0.534. The zero-order valence-electron chi connectivity index (χ0n) is 9.58. The summed E-state index contributed by atoms with van der Waals surface area (Å²) in [6.45, 7) is 6.10. The van der Waals surface area contributed by atoms with Gasteiger partial charge in [0, 0.05) is 25.8 Å². The molecule has 1 atom stereocenters. The molecule has 4 nitrogen and oxygen atoms in total.